The lowest BCUT2D eigenvalue weighted by Crippen LogP contribution is -1.30. The van der Waals surface area contributed by atoms with Gasteiger partial charge in [0.25, 0.3) is 0 Å². The summed E-state index contributed by atoms with van der Waals surface area (Å²) < 4.78 is 37.9. The molecule has 6 heavy (non-hydrogen) atoms. The Balaban J connectivity index is 0. The zero-order chi connectivity index (χ0) is 4.50. The molecule has 0 amide bonds. The normalized spacial score (nSPS) is 9.83. The summed E-state index contributed by atoms with van der Waals surface area (Å²) in [4.78, 5) is 0. The summed E-state index contributed by atoms with van der Waals surface area (Å²) in [5.74, 6) is 0. The van der Waals surface area contributed by atoms with Crippen molar-refractivity contribution in [2.45, 2.75) is 0 Å². The average Bonchev–Trinajstić information content (AvgIpc) is 0.722. The first-order valence-electron chi connectivity index (χ1n) is 0.690. The van der Waals surface area contributed by atoms with Crippen molar-refractivity contribution in [1.29, 1.82) is 0 Å². The highest BCUT2D eigenvalue weighted by Gasteiger charge is 2.13. The van der Waals surface area contributed by atoms with Crippen molar-refractivity contribution < 1.29 is 17.2 Å². The average molecular weight is 115 g/mol. The minimum absolute atomic E-state index is 0. The van der Waals surface area contributed by atoms with E-state index in [0.717, 1.165) is 0 Å². The minimum atomic E-state index is -6.14. The van der Waals surface area contributed by atoms with Gasteiger partial charge < -0.3 is 0 Å². The molecule has 0 aromatic heterocycles. The molecule has 1 nitrogen and oxygen atoms in total. The van der Waals surface area contributed by atoms with Gasteiger partial charge in [-0.3, -0.25) is 0 Å². The van der Waals surface area contributed by atoms with Crippen LogP contribution in [0, 0.1) is 0 Å². The molecule has 0 aliphatic carbocycles. The first-order valence-corrected chi connectivity index (χ1v) is 2.07. The van der Waals surface area contributed by atoms with Crippen LogP contribution in [0.2, 0.25) is 0 Å². The van der Waals surface area contributed by atoms with E-state index in [1.165, 1.54) is 0 Å². The summed E-state index contributed by atoms with van der Waals surface area (Å²) in [7, 11) is -6.14. The van der Waals surface area contributed by atoms with E-state index in [2.05, 4.69) is 0 Å². The van der Waals surface area contributed by atoms with Crippen molar-refractivity contribution in [2.24, 2.45) is 0 Å². The molecule has 0 unspecified atom stereocenters. The molecule has 0 N–H and O–H groups in total. The van der Waals surface area contributed by atoms with Crippen LogP contribution in [0.25, 0.3) is 0 Å². The zero-order valence-corrected chi connectivity index (χ0v) is 3.46. The second-order valence-electron chi connectivity index (χ2n) is 0.399. The number of hydrogen-bond acceptors (Lipinski definition) is 1. The summed E-state index contributed by atoms with van der Waals surface area (Å²) in [6.45, 7) is 0. The van der Waals surface area contributed by atoms with E-state index in [0.29, 0.717) is 0 Å². The van der Waals surface area contributed by atoms with Crippen LogP contribution < -0.4 is 0 Å². The van der Waals surface area contributed by atoms with Crippen molar-refractivity contribution >= 4 is 16.5 Å². The minimum Gasteiger partial charge on any atom is -0.215 e. The first-order chi connectivity index (χ1) is 2.00. The molecule has 0 aromatic rings. The van der Waals surface area contributed by atoms with Crippen LogP contribution in [0.5, 0.6) is 0 Å². The van der Waals surface area contributed by atoms with Gasteiger partial charge in [-0.05, 0) is 0 Å². The summed E-state index contributed by atoms with van der Waals surface area (Å²) in [6.07, 6.45) is 0. The van der Waals surface area contributed by atoms with E-state index >= 15 is 0 Å². The molecule has 0 fully saturated rings. The lowest BCUT2D eigenvalue weighted by Gasteiger charge is -1.68. The van der Waals surface area contributed by atoms with Gasteiger partial charge in [-0.2, -0.15) is 0 Å². The van der Waals surface area contributed by atoms with Gasteiger partial charge in [-0.1, -0.05) is 0 Å². The molecule has 0 bridgehead atoms. The SMILES string of the molecule is O=P(F)(F)F.[B]. The van der Waals surface area contributed by atoms with Crippen LogP contribution in [0.1, 0.15) is 0 Å². The summed E-state index contributed by atoms with van der Waals surface area (Å²) in [6, 6.07) is 0. The van der Waals surface area contributed by atoms with Crippen LogP contribution in [-0.4, -0.2) is 8.41 Å². The van der Waals surface area contributed by atoms with E-state index in [1.807, 2.05) is 0 Å². The highest BCUT2D eigenvalue weighted by Crippen LogP contribution is 2.50. The third-order valence-corrected chi connectivity index (χ3v) is 0. The number of halogens is 3. The smallest absolute Gasteiger partial charge is 0.215 e. The van der Waals surface area contributed by atoms with Gasteiger partial charge in [-0.15, -0.1) is 12.6 Å². The Labute approximate surface area is 34.8 Å². The van der Waals surface area contributed by atoms with Gasteiger partial charge in [0.2, 0.25) is 0 Å². The molecule has 0 saturated carbocycles. The van der Waals surface area contributed by atoms with Crippen LogP contribution in [-0.2, 0) is 4.57 Å². The van der Waals surface area contributed by atoms with Gasteiger partial charge in [0.1, 0.15) is 0 Å². The Morgan fingerprint density at radius 1 is 1.17 bits per heavy atom. The monoisotopic (exact) mass is 115 g/mol. The lowest BCUT2D eigenvalue weighted by molar-refractivity contribution is 0.440. The standard InChI is InChI=1S/B.F3OP/c;1-5(2,3)4. The molecular weight excluding hydrogens is 115 g/mol. The zero-order valence-electron chi connectivity index (χ0n) is 2.57. The van der Waals surface area contributed by atoms with Gasteiger partial charge in [-0.25, -0.2) is 4.57 Å². The Bertz CT molecular complexity index is 56.9. The third-order valence-electron chi connectivity index (χ3n) is 0. The molecule has 0 aliphatic heterocycles. The van der Waals surface area contributed by atoms with E-state index in [1.54, 1.807) is 0 Å². The summed E-state index contributed by atoms with van der Waals surface area (Å²) in [5.41, 5.74) is 0. The van der Waals surface area contributed by atoms with Gasteiger partial charge in [0.05, 0.1) is 0 Å². The molecule has 0 aromatic carbocycles. The Kier molecular flexibility index (Phi) is 3.60. The molecule has 3 radical (unpaired) electrons. The molecule has 0 aliphatic rings. The molecule has 35 valence electrons. The Hall–Kier alpha value is 0.0849. The maximum Gasteiger partial charge on any atom is 0.591 e. The topological polar surface area (TPSA) is 17.1 Å². The van der Waals surface area contributed by atoms with Crippen molar-refractivity contribution in [3.8, 4) is 0 Å². The summed E-state index contributed by atoms with van der Waals surface area (Å²) in [5, 5.41) is 0. The molecule has 0 rings (SSSR count). The Morgan fingerprint density at radius 3 is 1.17 bits per heavy atom. The summed E-state index contributed by atoms with van der Waals surface area (Å²) >= 11 is 0. The highest BCUT2D eigenvalue weighted by molar-refractivity contribution is 7.47. The molecular formula is BF3OP. The molecule has 0 atom stereocenters. The van der Waals surface area contributed by atoms with Crippen molar-refractivity contribution in [2.75, 3.05) is 0 Å². The largest absolute Gasteiger partial charge is 0.591 e. The van der Waals surface area contributed by atoms with Crippen molar-refractivity contribution in [1.82, 2.24) is 0 Å². The molecule has 0 heterocycles. The number of hydrogen-bond donors (Lipinski definition) is 0. The number of rotatable bonds is 0. The fourth-order valence-corrected chi connectivity index (χ4v) is 0. The predicted molar refractivity (Wildman–Crippen MR) is 16.7 cm³/mol. The predicted octanol–water partition coefficient (Wildman–Crippen LogP) is 1.62. The van der Waals surface area contributed by atoms with Crippen LogP contribution >= 0.6 is 8.07 Å². The quantitative estimate of drug-likeness (QED) is 0.346. The van der Waals surface area contributed by atoms with Crippen molar-refractivity contribution in [3.05, 3.63) is 0 Å². The van der Waals surface area contributed by atoms with E-state index in [-0.39, 0.29) is 8.41 Å². The maximum atomic E-state index is 9.91. The highest BCUT2D eigenvalue weighted by atomic mass is 31.3. The van der Waals surface area contributed by atoms with Crippen molar-refractivity contribution in [3.63, 3.8) is 0 Å². The first kappa shape index (κ1) is 9.43. The van der Waals surface area contributed by atoms with E-state index in [9.17, 15) is 12.6 Å². The second kappa shape index (κ2) is 2.29. The van der Waals surface area contributed by atoms with Crippen LogP contribution in [0.4, 0.5) is 12.6 Å². The van der Waals surface area contributed by atoms with Gasteiger partial charge >= 0.3 is 8.07 Å². The Morgan fingerprint density at radius 2 is 1.17 bits per heavy atom. The molecule has 6 heteroatoms. The van der Waals surface area contributed by atoms with Gasteiger partial charge in [0.15, 0.2) is 0 Å². The van der Waals surface area contributed by atoms with Gasteiger partial charge in [0, 0.05) is 8.41 Å². The second-order valence-corrected chi connectivity index (χ2v) is 1.20. The van der Waals surface area contributed by atoms with Crippen LogP contribution in [0.3, 0.4) is 0 Å². The molecule has 0 spiro atoms. The van der Waals surface area contributed by atoms with E-state index in [4.69, 9.17) is 4.57 Å². The molecule has 0 saturated heterocycles. The van der Waals surface area contributed by atoms with Crippen LogP contribution in [0.15, 0.2) is 0 Å². The van der Waals surface area contributed by atoms with E-state index < -0.39 is 8.07 Å². The maximum absolute atomic E-state index is 9.91. The fraction of sp³-hybridized carbons (Fsp3) is 0. The third kappa shape index (κ3) is 5390. The lowest BCUT2D eigenvalue weighted by atomic mass is 10.8. The fourth-order valence-electron chi connectivity index (χ4n) is 0.